The van der Waals surface area contributed by atoms with E-state index in [0.717, 1.165) is 16.3 Å². The Kier molecular flexibility index (Phi) is 2.07. The molecule has 74 valence electrons. The third-order valence-electron chi connectivity index (χ3n) is 2.15. The van der Waals surface area contributed by atoms with Crippen LogP contribution >= 0.6 is 11.3 Å². The number of aryl methyl sites for hydroxylation is 1. The van der Waals surface area contributed by atoms with Crippen molar-refractivity contribution < 1.29 is 0 Å². The van der Waals surface area contributed by atoms with E-state index in [2.05, 4.69) is 42.2 Å². The van der Waals surface area contributed by atoms with Crippen LogP contribution in [0.5, 0.6) is 0 Å². The average molecular weight is 206 g/mol. The molecule has 0 unspecified atom stereocenters. The fourth-order valence-electron chi connectivity index (χ4n) is 1.53. The average Bonchev–Trinajstić information content (AvgIpc) is 2.47. The summed E-state index contributed by atoms with van der Waals surface area (Å²) in [5, 5.41) is 3.28. The van der Waals surface area contributed by atoms with Gasteiger partial charge in [0.05, 0.1) is 5.69 Å². The van der Waals surface area contributed by atoms with E-state index < -0.39 is 0 Å². The summed E-state index contributed by atoms with van der Waals surface area (Å²) >= 11 is 1.68. The zero-order valence-electron chi connectivity index (χ0n) is 8.96. The van der Waals surface area contributed by atoms with Crippen molar-refractivity contribution in [3.8, 4) is 0 Å². The molecule has 0 aliphatic heterocycles. The lowest BCUT2D eigenvalue weighted by Crippen LogP contribution is -2.15. The maximum absolute atomic E-state index is 4.54. The van der Waals surface area contributed by atoms with Gasteiger partial charge in [-0.1, -0.05) is 20.8 Å². The van der Waals surface area contributed by atoms with Crippen molar-refractivity contribution in [2.75, 3.05) is 0 Å². The predicted molar refractivity (Wildman–Crippen MR) is 60.9 cm³/mol. The fourth-order valence-corrected chi connectivity index (χ4v) is 2.34. The summed E-state index contributed by atoms with van der Waals surface area (Å²) in [4.78, 5) is 10.1. The molecule has 0 fully saturated rings. The molecule has 0 spiro atoms. The lowest BCUT2D eigenvalue weighted by atomic mass is 9.90. The summed E-state index contributed by atoms with van der Waals surface area (Å²) in [7, 11) is 0. The van der Waals surface area contributed by atoms with E-state index in [1.807, 2.05) is 6.92 Å². The van der Waals surface area contributed by atoms with Gasteiger partial charge in [0.15, 0.2) is 0 Å². The van der Waals surface area contributed by atoms with Crippen LogP contribution in [-0.4, -0.2) is 9.97 Å². The Morgan fingerprint density at radius 1 is 1.21 bits per heavy atom. The first-order chi connectivity index (χ1) is 6.48. The lowest BCUT2D eigenvalue weighted by Gasteiger charge is -2.18. The smallest absolute Gasteiger partial charge is 0.127 e. The van der Waals surface area contributed by atoms with Gasteiger partial charge < -0.3 is 0 Å². The van der Waals surface area contributed by atoms with Gasteiger partial charge in [0.2, 0.25) is 0 Å². The van der Waals surface area contributed by atoms with Gasteiger partial charge in [-0.2, -0.15) is 0 Å². The maximum Gasteiger partial charge on any atom is 0.127 e. The number of thiophene rings is 1. The first kappa shape index (κ1) is 9.59. The van der Waals surface area contributed by atoms with Crippen molar-refractivity contribution in [1.82, 2.24) is 9.97 Å². The van der Waals surface area contributed by atoms with E-state index in [9.17, 15) is 0 Å². The van der Waals surface area contributed by atoms with E-state index in [4.69, 9.17) is 0 Å². The number of hydrogen-bond donors (Lipinski definition) is 0. The molecule has 0 bridgehead atoms. The highest BCUT2D eigenvalue weighted by atomic mass is 32.1. The molecule has 0 amide bonds. The Balaban J connectivity index is 2.80. The highest BCUT2D eigenvalue weighted by molar-refractivity contribution is 7.16. The Bertz CT molecular complexity index is 466. The van der Waals surface area contributed by atoms with Crippen molar-refractivity contribution in [3.63, 3.8) is 0 Å². The van der Waals surface area contributed by atoms with Crippen LogP contribution in [0.3, 0.4) is 0 Å². The van der Waals surface area contributed by atoms with Crippen LogP contribution in [0.4, 0.5) is 0 Å². The maximum atomic E-state index is 4.54. The van der Waals surface area contributed by atoms with E-state index in [1.165, 1.54) is 5.39 Å². The van der Waals surface area contributed by atoms with Crippen LogP contribution in [0.25, 0.3) is 10.2 Å². The molecule has 0 aromatic carbocycles. The predicted octanol–water partition coefficient (Wildman–Crippen LogP) is 3.30. The molecule has 2 nitrogen and oxygen atoms in total. The highest BCUT2D eigenvalue weighted by Crippen LogP contribution is 2.29. The number of hydrogen-bond acceptors (Lipinski definition) is 3. The third kappa shape index (κ3) is 1.52. The SMILES string of the molecule is Cc1nc(C(C)(C)C)c2ccsc2n1. The molecule has 0 aliphatic carbocycles. The molecule has 0 N–H and O–H groups in total. The summed E-state index contributed by atoms with van der Waals surface area (Å²) in [5.74, 6) is 0.866. The molecule has 3 heteroatoms. The van der Waals surface area contributed by atoms with Crippen LogP contribution in [0, 0.1) is 6.92 Å². The van der Waals surface area contributed by atoms with Gasteiger partial charge in [-0.25, -0.2) is 9.97 Å². The molecule has 2 heterocycles. The van der Waals surface area contributed by atoms with Crippen LogP contribution in [0.15, 0.2) is 11.4 Å². The summed E-state index contributed by atoms with van der Waals surface area (Å²) in [6, 6.07) is 2.11. The first-order valence-electron chi connectivity index (χ1n) is 4.71. The minimum atomic E-state index is 0.0903. The minimum Gasteiger partial charge on any atom is -0.237 e. The topological polar surface area (TPSA) is 25.8 Å². The van der Waals surface area contributed by atoms with E-state index >= 15 is 0 Å². The van der Waals surface area contributed by atoms with Gasteiger partial charge >= 0.3 is 0 Å². The fraction of sp³-hybridized carbons (Fsp3) is 0.455. The quantitative estimate of drug-likeness (QED) is 0.661. The number of aromatic nitrogens is 2. The molecule has 2 aromatic rings. The van der Waals surface area contributed by atoms with Gasteiger partial charge in [-0.05, 0) is 18.4 Å². The lowest BCUT2D eigenvalue weighted by molar-refractivity contribution is 0.572. The third-order valence-corrected chi connectivity index (χ3v) is 2.95. The molecule has 0 aliphatic rings. The molecular formula is C11H14N2S. The molecular weight excluding hydrogens is 192 g/mol. The van der Waals surface area contributed by atoms with Gasteiger partial charge in [-0.3, -0.25) is 0 Å². The van der Waals surface area contributed by atoms with Crippen molar-refractivity contribution >= 4 is 21.6 Å². The second-order valence-corrected chi connectivity index (χ2v) is 5.40. The van der Waals surface area contributed by atoms with E-state index in [0.29, 0.717) is 0 Å². The highest BCUT2D eigenvalue weighted by Gasteiger charge is 2.20. The summed E-state index contributed by atoms with van der Waals surface area (Å²) in [5.41, 5.74) is 1.24. The standard InChI is InChI=1S/C11H14N2S/c1-7-12-9(11(2,3)4)8-5-6-14-10(8)13-7/h5-6H,1-4H3. The molecule has 0 atom stereocenters. The molecule has 0 saturated heterocycles. The zero-order valence-corrected chi connectivity index (χ0v) is 9.77. The Morgan fingerprint density at radius 2 is 1.93 bits per heavy atom. The molecule has 0 saturated carbocycles. The van der Waals surface area contributed by atoms with Crippen molar-refractivity contribution in [3.05, 3.63) is 23.0 Å². The van der Waals surface area contributed by atoms with Gasteiger partial charge in [0.25, 0.3) is 0 Å². The Morgan fingerprint density at radius 3 is 2.57 bits per heavy atom. The van der Waals surface area contributed by atoms with Crippen molar-refractivity contribution in [2.24, 2.45) is 0 Å². The van der Waals surface area contributed by atoms with Crippen LogP contribution in [0.2, 0.25) is 0 Å². The number of rotatable bonds is 0. The van der Waals surface area contributed by atoms with Crippen molar-refractivity contribution in [1.29, 1.82) is 0 Å². The van der Waals surface area contributed by atoms with Crippen molar-refractivity contribution in [2.45, 2.75) is 33.1 Å². The normalized spacial score (nSPS) is 12.3. The second kappa shape index (κ2) is 3.02. The summed E-state index contributed by atoms with van der Waals surface area (Å²) in [6.07, 6.45) is 0. The van der Waals surface area contributed by atoms with Gasteiger partial charge in [0, 0.05) is 10.8 Å². The molecule has 0 radical (unpaired) electrons. The monoisotopic (exact) mass is 206 g/mol. The minimum absolute atomic E-state index is 0.0903. The van der Waals surface area contributed by atoms with Crippen LogP contribution in [0.1, 0.15) is 32.3 Å². The van der Waals surface area contributed by atoms with E-state index in [1.54, 1.807) is 11.3 Å². The van der Waals surface area contributed by atoms with E-state index in [-0.39, 0.29) is 5.41 Å². The second-order valence-electron chi connectivity index (χ2n) is 4.51. The van der Waals surface area contributed by atoms with Crippen LogP contribution in [-0.2, 0) is 5.41 Å². The summed E-state index contributed by atoms with van der Waals surface area (Å²) < 4.78 is 0. The molecule has 2 aromatic heterocycles. The Labute approximate surface area is 88.0 Å². The largest absolute Gasteiger partial charge is 0.237 e. The van der Waals surface area contributed by atoms with Crippen LogP contribution < -0.4 is 0 Å². The number of fused-ring (bicyclic) bond motifs is 1. The molecule has 14 heavy (non-hydrogen) atoms. The van der Waals surface area contributed by atoms with Gasteiger partial charge in [0.1, 0.15) is 10.7 Å². The zero-order chi connectivity index (χ0) is 10.3. The molecule has 2 rings (SSSR count). The summed E-state index contributed by atoms with van der Waals surface area (Å²) in [6.45, 7) is 8.51. The number of nitrogens with zero attached hydrogens (tertiary/aromatic N) is 2. The van der Waals surface area contributed by atoms with Gasteiger partial charge in [-0.15, -0.1) is 11.3 Å². The first-order valence-corrected chi connectivity index (χ1v) is 5.59. The Hall–Kier alpha value is -0.960.